The number of rotatable bonds is 15. The topological polar surface area (TPSA) is 144 Å². The van der Waals surface area contributed by atoms with Gasteiger partial charge in [-0.25, -0.2) is 15.0 Å². The minimum Gasteiger partial charge on any atom is -0.511 e. The van der Waals surface area contributed by atoms with Gasteiger partial charge in [-0.1, -0.05) is 13.8 Å². The van der Waals surface area contributed by atoms with Gasteiger partial charge in [0, 0.05) is 59.9 Å². The van der Waals surface area contributed by atoms with Crippen LogP contribution in [0.3, 0.4) is 0 Å². The van der Waals surface area contributed by atoms with Gasteiger partial charge in [0.2, 0.25) is 0 Å². The third kappa shape index (κ3) is 7.30. The van der Waals surface area contributed by atoms with E-state index in [9.17, 15) is 15.0 Å². The molecule has 0 aromatic rings. The van der Waals surface area contributed by atoms with Gasteiger partial charge in [0.25, 0.3) is 0 Å². The van der Waals surface area contributed by atoms with Crippen LogP contribution in [0.4, 0.5) is 0 Å². The van der Waals surface area contributed by atoms with Crippen LogP contribution in [-0.2, 0) is 23.7 Å². The lowest BCUT2D eigenvalue weighted by Gasteiger charge is -2.17. The number of carboxylic acids is 1. The first-order valence-corrected chi connectivity index (χ1v) is 18.0. The lowest BCUT2D eigenvalue weighted by Crippen LogP contribution is -2.18. The Kier molecular flexibility index (Phi) is 11.2. The average Bonchev–Trinajstić information content (AvgIpc) is 3.85. The highest BCUT2D eigenvalue weighted by Gasteiger charge is 2.41. The molecule has 1 unspecified atom stereocenters. The van der Waals surface area contributed by atoms with Crippen molar-refractivity contribution in [2.75, 3.05) is 46.8 Å². The molecule has 1 saturated heterocycles. The molecule has 1 fully saturated rings. The first kappa shape index (κ1) is 36.6. The Bertz CT molecular complexity index is 1850. The molecular formula is C40H50N4O7. The van der Waals surface area contributed by atoms with Gasteiger partial charge < -0.3 is 34.5 Å². The van der Waals surface area contributed by atoms with Crippen LogP contribution >= 0.6 is 0 Å². The van der Waals surface area contributed by atoms with Crippen molar-refractivity contribution < 1.29 is 34.0 Å². The molecule has 51 heavy (non-hydrogen) atoms. The minimum absolute atomic E-state index is 0.0136. The standard InChI is InChI=1S/C40H50N4O7/c1-8-26-21(2)29-20-34-37(25(6)51-16-15-50-14-13-49-12-11-48-7)23(4)31(42-34)18-30-22(3)27(9-10-36(46)47)39(43-30)28-17-35(45)38-24(5)32(44-40(28)38)19-33(26)41-29/h18-20,22,25,27,43,45H,8-17H2,1-7H3,(H,46,47)/t22-,25?,27-/m0/s1. The van der Waals surface area contributed by atoms with Gasteiger partial charge >= 0.3 is 5.97 Å². The Labute approximate surface area is 300 Å². The van der Waals surface area contributed by atoms with E-state index >= 15 is 0 Å². The number of aliphatic imine (C=N–C) groups is 3. The summed E-state index contributed by atoms with van der Waals surface area (Å²) < 4.78 is 22.6. The maximum absolute atomic E-state index is 11.8. The lowest BCUT2D eigenvalue weighted by atomic mass is 9.86. The number of aliphatic carboxylic acids is 1. The Morgan fingerprint density at radius 2 is 1.63 bits per heavy atom. The van der Waals surface area contributed by atoms with E-state index in [1.165, 1.54) is 0 Å². The highest BCUT2D eigenvalue weighted by Crippen LogP contribution is 2.46. The lowest BCUT2D eigenvalue weighted by molar-refractivity contribution is -0.137. The van der Waals surface area contributed by atoms with E-state index in [1.807, 2.05) is 19.9 Å². The highest BCUT2D eigenvalue weighted by atomic mass is 16.6. The molecule has 8 bridgehead atoms. The third-order valence-electron chi connectivity index (χ3n) is 10.6. The maximum Gasteiger partial charge on any atom is 0.303 e. The number of fused-ring (bicyclic) bond motifs is 5. The summed E-state index contributed by atoms with van der Waals surface area (Å²) in [5, 5.41) is 24.6. The molecule has 5 heterocycles. The number of carbonyl (C=O) groups is 1. The van der Waals surface area contributed by atoms with E-state index < -0.39 is 5.97 Å². The summed E-state index contributed by atoms with van der Waals surface area (Å²) in [6, 6.07) is 0. The van der Waals surface area contributed by atoms with Gasteiger partial charge in [0.15, 0.2) is 0 Å². The summed E-state index contributed by atoms with van der Waals surface area (Å²) in [6.07, 6.45) is 7.54. The van der Waals surface area contributed by atoms with E-state index in [0.29, 0.717) is 52.5 Å². The second-order valence-electron chi connectivity index (χ2n) is 13.7. The molecule has 272 valence electrons. The smallest absolute Gasteiger partial charge is 0.303 e. The molecule has 5 aliphatic heterocycles. The molecule has 0 saturated carbocycles. The first-order chi connectivity index (χ1) is 24.5. The van der Waals surface area contributed by atoms with Crippen molar-refractivity contribution in [1.29, 1.82) is 0 Å². The molecule has 0 radical (unpaired) electrons. The van der Waals surface area contributed by atoms with Gasteiger partial charge in [-0.05, 0) is 81.1 Å². The van der Waals surface area contributed by atoms with Crippen LogP contribution in [-0.4, -0.2) is 86.2 Å². The Hall–Kier alpha value is -4.16. The van der Waals surface area contributed by atoms with Gasteiger partial charge in [-0.2, -0.15) is 0 Å². The van der Waals surface area contributed by atoms with E-state index in [0.717, 1.165) is 91.1 Å². The van der Waals surface area contributed by atoms with Crippen LogP contribution in [0.5, 0.6) is 0 Å². The van der Waals surface area contributed by atoms with Crippen molar-refractivity contribution >= 4 is 23.1 Å². The van der Waals surface area contributed by atoms with Crippen LogP contribution in [0, 0.1) is 11.8 Å². The molecule has 11 heteroatoms. The van der Waals surface area contributed by atoms with E-state index in [-0.39, 0.29) is 30.1 Å². The Balaban J connectivity index is 1.39. The van der Waals surface area contributed by atoms with E-state index in [2.05, 4.69) is 45.2 Å². The molecule has 3 N–H and O–H groups in total. The quantitative estimate of drug-likeness (QED) is 0.162. The van der Waals surface area contributed by atoms with Crippen molar-refractivity contribution in [1.82, 2.24) is 5.32 Å². The zero-order chi connectivity index (χ0) is 36.4. The second-order valence-corrected chi connectivity index (χ2v) is 13.7. The van der Waals surface area contributed by atoms with Crippen LogP contribution in [0.25, 0.3) is 0 Å². The molecular weight excluding hydrogens is 648 g/mol. The zero-order valence-electron chi connectivity index (χ0n) is 30.8. The SMILES string of the molecule is CCC1=C(C)C2=NC1=CC1=C(C)C3=C(O)CC(=C4NC(=CC5=NC(=C2)C(C(C)OCCOCCOCCOC)=C5C)[C@@H](C)[C@@H]4CCC(=O)O)C3=N1. The molecule has 1 aliphatic carbocycles. The van der Waals surface area contributed by atoms with Gasteiger partial charge in [0.1, 0.15) is 5.76 Å². The van der Waals surface area contributed by atoms with E-state index in [4.69, 9.17) is 33.9 Å². The van der Waals surface area contributed by atoms with Crippen LogP contribution < -0.4 is 5.32 Å². The minimum atomic E-state index is -0.834. The fourth-order valence-electron chi connectivity index (χ4n) is 7.75. The number of nitrogens with zero attached hydrogens (tertiary/aromatic N) is 3. The maximum atomic E-state index is 11.8. The number of aliphatic hydroxyl groups is 1. The van der Waals surface area contributed by atoms with Gasteiger partial charge in [-0.15, -0.1) is 0 Å². The predicted molar refractivity (Wildman–Crippen MR) is 198 cm³/mol. The largest absolute Gasteiger partial charge is 0.511 e. The zero-order valence-corrected chi connectivity index (χ0v) is 30.8. The summed E-state index contributed by atoms with van der Waals surface area (Å²) in [5.41, 5.74) is 13.6. The highest BCUT2D eigenvalue weighted by molar-refractivity contribution is 6.21. The number of hydrogen-bond donors (Lipinski definition) is 3. The molecule has 0 amide bonds. The summed E-state index contributed by atoms with van der Waals surface area (Å²) in [6.45, 7) is 15.4. The Morgan fingerprint density at radius 3 is 2.33 bits per heavy atom. The third-order valence-corrected chi connectivity index (χ3v) is 10.6. The molecule has 0 aromatic heterocycles. The van der Waals surface area contributed by atoms with Crippen molar-refractivity contribution in [3.05, 3.63) is 91.5 Å². The summed E-state index contributed by atoms with van der Waals surface area (Å²) in [4.78, 5) is 27.2. The second kappa shape index (κ2) is 15.6. The molecule has 6 aliphatic rings. The summed E-state index contributed by atoms with van der Waals surface area (Å²) >= 11 is 0. The number of ether oxygens (including phenoxy) is 4. The molecule has 6 rings (SSSR count). The van der Waals surface area contributed by atoms with E-state index in [1.54, 1.807) is 7.11 Å². The Morgan fingerprint density at radius 1 is 0.941 bits per heavy atom. The summed E-state index contributed by atoms with van der Waals surface area (Å²) in [5.74, 6) is -0.654. The molecule has 0 aromatic carbocycles. The molecule has 11 nitrogen and oxygen atoms in total. The monoisotopic (exact) mass is 698 g/mol. The van der Waals surface area contributed by atoms with Crippen molar-refractivity contribution in [3.63, 3.8) is 0 Å². The predicted octanol–water partition coefficient (Wildman–Crippen LogP) is 6.61. The molecule has 0 spiro atoms. The number of hydrogen-bond acceptors (Lipinski definition) is 10. The van der Waals surface area contributed by atoms with Crippen molar-refractivity contribution in [2.24, 2.45) is 26.8 Å². The van der Waals surface area contributed by atoms with Crippen molar-refractivity contribution in [3.8, 4) is 0 Å². The van der Waals surface area contributed by atoms with Crippen molar-refractivity contribution in [2.45, 2.75) is 73.3 Å². The fraction of sp³-hybridized carbons (Fsp3) is 0.500. The van der Waals surface area contributed by atoms with Crippen LogP contribution in [0.2, 0.25) is 0 Å². The average molecular weight is 699 g/mol. The van der Waals surface area contributed by atoms with Crippen LogP contribution in [0.15, 0.2) is 106 Å². The van der Waals surface area contributed by atoms with Gasteiger partial charge in [0.05, 0.1) is 80.0 Å². The molecule has 3 atom stereocenters. The first-order valence-electron chi connectivity index (χ1n) is 18.0. The van der Waals surface area contributed by atoms with Crippen LogP contribution in [0.1, 0.15) is 67.2 Å². The number of nitrogens with one attached hydrogen (secondary N) is 1. The summed E-state index contributed by atoms with van der Waals surface area (Å²) in [7, 11) is 1.65. The normalized spacial score (nSPS) is 23.2. The van der Waals surface area contributed by atoms with Gasteiger partial charge in [-0.3, -0.25) is 4.79 Å². The number of carboxylic acid groups (broad SMARTS) is 1. The number of aliphatic hydroxyl groups excluding tert-OH is 1. The number of allylic oxidation sites excluding steroid dienone is 11. The fourth-order valence-corrected chi connectivity index (χ4v) is 7.75. The number of methoxy groups -OCH3 is 1.